The normalized spacial score (nSPS) is 15.9. The largest absolute Gasteiger partial charge is 0.410 e. The number of nitrogens with zero attached hydrogens (tertiary/aromatic N) is 3. The van der Waals surface area contributed by atoms with Crippen LogP contribution in [0.15, 0.2) is 12.4 Å². The third kappa shape index (κ3) is 2.57. The second-order valence-corrected chi connectivity index (χ2v) is 3.24. The Bertz CT molecular complexity index is 362. The lowest BCUT2D eigenvalue weighted by atomic mass is 10.4. The summed E-state index contributed by atoms with van der Waals surface area (Å²) in [5.74, 6) is 0.838. The average Bonchev–Trinajstić information content (AvgIpc) is 2.30. The highest BCUT2D eigenvalue weighted by molar-refractivity contribution is 5.67. The number of nitrogens with two attached hydrogens (primary N) is 1. The predicted molar refractivity (Wildman–Crippen MR) is 55.3 cm³/mol. The van der Waals surface area contributed by atoms with Crippen molar-refractivity contribution in [3.8, 4) is 5.75 Å². The molecule has 1 saturated heterocycles. The van der Waals surface area contributed by atoms with E-state index in [1.807, 2.05) is 4.90 Å². The summed E-state index contributed by atoms with van der Waals surface area (Å²) in [6.07, 6.45) is 1.97. The standard InChI is InChI=1S/C9H12N4O3/c10-8(14)16-7-5-11-9(12-6-7)13-1-3-15-4-2-13/h5-6H,1-4H2,(H2,10,14). The molecule has 0 bridgehead atoms. The number of ether oxygens (including phenoxy) is 2. The molecule has 0 unspecified atom stereocenters. The Morgan fingerprint density at radius 3 is 2.56 bits per heavy atom. The van der Waals surface area contributed by atoms with Crippen molar-refractivity contribution >= 4 is 12.0 Å². The van der Waals surface area contributed by atoms with Crippen LogP contribution in [0.1, 0.15) is 0 Å². The van der Waals surface area contributed by atoms with Crippen molar-refractivity contribution in [2.75, 3.05) is 31.2 Å². The molecule has 86 valence electrons. The van der Waals surface area contributed by atoms with Crippen molar-refractivity contribution in [2.45, 2.75) is 0 Å². The van der Waals surface area contributed by atoms with Crippen LogP contribution in [-0.4, -0.2) is 42.4 Å². The van der Waals surface area contributed by atoms with E-state index in [0.29, 0.717) is 19.2 Å². The maximum atomic E-state index is 10.5. The lowest BCUT2D eigenvalue weighted by Crippen LogP contribution is -2.37. The SMILES string of the molecule is NC(=O)Oc1cnc(N2CCOCC2)nc1. The first-order valence-corrected chi connectivity index (χ1v) is 4.88. The Balaban J connectivity index is 2.03. The zero-order valence-corrected chi connectivity index (χ0v) is 8.63. The first-order chi connectivity index (χ1) is 7.75. The van der Waals surface area contributed by atoms with E-state index in [1.54, 1.807) is 0 Å². The average molecular weight is 224 g/mol. The van der Waals surface area contributed by atoms with Gasteiger partial charge < -0.3 is 20.1 Å². The van der Waals surface area contributed by atoms with Gasteiger partial charge in [-0.2, -0.15) is 0 Å². The number of rotatable bonds is 2. The fourth-order valence-electron chi connectivity index (χ4n) is 1.40. The van der Waals surface area contributed by atoms with Crippen LogP contribution in [0.4, 0.5) is 10.7 Å². The quantitative estimate of drug-likeness (QED) is 0.746. The first kappa shape index (κ1) is 10.6. The molecule has 0 spiro atoms. The van der Waals surface area contributed by atoms with Gasteiger partial charge in [-0.25, -0.2) is 14.8 Å². The second-order valence-electron chi connectivity index (χ2n) is 3.24. The van der Waals surface area contributed by atoms with Crippen molar-refractivity contribution in [3.05, 3.63) is 12.4 Å². The van der Waals surface area contributed by atoms with E-state index in [4.69, 9.17) is 10.5 Å². The number of aromatic nitrogens is 2. The lowest BCUT2D eigenvalue weighted by molar-refractivity contribution is 0.122. The third-order valence-corrected chi connectivity index (χ3v) is 2.13. The van der Waals surface area contributed by atoms with Gasteiger partial charge in [0.25, 0.3) is 0 Å². The molecular weight excluding hydrogens is 212 g/mol. The van der Waals surface area contributed by atoms with Crippen molar-refractivity contribution in [1.82, 2.24) is 9.97 Å². The monoisotopic (exact) mass is 224 g/mol. The van der Waals surface area contributed by atoms with Gasteiger partial charge in [-0.1, -0.05) is 0 Å². The Kier molecular flexibility index (Phi) is 3.16. The molecule has 7 heteroatoms. The van der Waals surface area contributed by atoms with Crippen LogP contribution in [0, 0.1) is 0 Å². The summed E-state index contributed by atoms with van der Waals surface area (Å²) in [5, 5.41) is 0. The summed E-state index contributed by atoms with van der Waals surface area (Å²) in [7, 11) is 0. The molecule has 0 aromatic carbocycles. The van der Waals surface area contributed by atoms with Crippen LogP contribution in [0.3, 0.4) is 0 Å². The second kappa shape index (κ2) is 4.75. The minimum Gasteiger partial charge on any atom is -0.407 e. The number of carbonyl (C=O) groups is 1. The van der Waals surface area contributed by atoms with E-state index in [-0.39, 0.29) is 5.75 Å². The molecule has 2 N–H and O–H groups in total. The van der Waals surface area contributed by atoms with Gasteiger partial charge in [-0.15, -0.1) is 0 Å². The van der Waals surface area contributed by atoms with Gasteiger partial charge in [0.2, 0.25) is 5.95 Å². The van der Waals surface area contributed by atoms with Gasteiger partial charge in [-0.05, 0) is 0 Å². The lowest BCUT2D eigenvalue weighted by Gasteiger charge is -2.26. The van der Waals surface area contributed by atoms with Gasteiger partial charge in [-0.3, -0.25) is 0 Å². The highest BCUT2D eigenvalue weighted by Crippen LogP contribution is 2.12. The molecule has 1 amide bonds. The van der Waals surface area contributed by atoms with Crippen LogP contribution in [-0.2, 0) is 4.74 Å². The van der Waals surface area contributed by atoms with Crippen LogP contribution >= 0.6 is 0 Å². The minimum absolute atomic E-state index is 0.240. The summed E-state index contributed by atoms with van der Waals surface area (Å²) in [4.78, 5) is 20.6. The van der Waals surface area contributed by atoms with E-state index in [2.05, 4.69) is 14.7 Å². The number of primary amides is 1. The van der Waals surface area contributed by atoms with Crippen LogP contribution < -0.4 is 15.4 Å². The molecule has 7 nitrogen and oxygen atoms in total. The number of hydrogen-bond donors (Lipinski definition) is 1. The van der Waals surface area contributed by atoms with E-state index in [1.165, 1.54) is 12.4 Å². The van der Waals surface area contributed by atoms with E-state index >= 15 is 0 Å². The molecule has 1 aromatic rings. The van der Waals surface area contributed by atoms with Crippen molar-refractivity contribution in [1.29, 1.82) is 0 Å². The third-order valence-electron chi connectivity index (χ3n) is 2.13. The van der Waals surface area contributed by atoms with Crippen molar-refractivity contribution in [3.63, 3.8) is 0 Å². The van der Waals surface area contributed by atoms with Crippen molar-refractivity contribution < 1.29 is 14.3 Å². The molecule has 2 rings (SSSR count). The van der Waals surface area contributed by atoms with E-state index < -0.39 is 6.09 Å². The molecule has 1 fully saturated rings. The highest BCUT2D eigenvalue weighted by Gasteiger charge is 2.13. The fourth-order valence-corrected chi connectivity index (χ4v) is 1.40. The van der Waals surface area contributed by atoms with Crippen molar-refractivity contribution in [2.24, 2.45) is 5.73 Å². The van der Waals surface area contributed by atoms with Gasteiger partial charge >= 0.3 is 6.09 Å². The fraction of sp³-hybridized carbons (Fsp3) is 0.444. The molecule has 1 aliphatic heterocycles. The van der Waals surface area contributed by atoms with Gasteiger partial charge in [0.05, 0.1) is 25.6 Å². The maximum absolute atomic E-state index is 10.5. The smallest absolute Gasteiger partial charge is 0.407 e. The molecule has 0 saturated carbocycles. The molecule has 16 heavy (non-hydrogen) atoms. The molecule has 0 aliphatic carbocycles. The number of amides is 1. The Hall–Kier alpha value is -1.89. The van der Waals surface area contributed by atoms with Crippen LogP contribution in [0.2, 0.25) is 0 Å². The Morgan fingerprint density at radius 2 is 2.00 bits per heavy atom. The topological polar surface area (TPSA) is 90.6 Å². The number of morpholine rings is 1. The molecule has 1 aliphatic rings. The number of anilines is 1. The molecule has 2 heterocycles. The van der Waals surface area contributed by atoms with Crippen LogP contribution in [0.25, 0.3) is 0 Å². The summed E-state index contributed by atoms with van der Waals surface area (Å²) in [5.41, 5.74) is 4.86. The zero-order chi connectivity index (χ0) is 11.4. The summed E-state index contributed by atoms with van der Waals surface area (Å²) < 4.78 is 9.84. The minimum atomic E-state index is -0.872. The molecular formula is C9H12N4O3. The van der Waals surface area contributed by atoms with Gasteiger partial charge in [0, 0.05) is 13.1 Å². The van der Waals surface area contributed by atoms with Gasteiger partial charge in [0.15, 0.2) is 5.75 Å². The van der Waals surface area contributed by atoms with E-state index in [9.17, 15) is 4.79 Å². The van der Waals surface area contributed by atoms with Gasteiger partial charge in [0.1, 0.15) is 0 Å². The summed E-state index contributed by atoms with van der Waals surface area (Å²) in [6.45, 7) is 2.86. The van der Waals surface area contributed by atoms with E-state index in [0.717, 1.165) is 13.1 Å². The first-order valence-electron chi connectivity index (χ1n) is 4.88. The highest BCUT2D eigenvalue weighted by atomic mass is 16.5. The molecule has 1 aromatic heterocycles. The predicted octanol–water partition coefficient (Wildman–Crippen LogP) is -0.229. The summed E-state index contributed by atoms with van der Waals surface area (Å²) >= 11 is 0. The number of carbonyl (C=O) groups excluding carboxylic acids is 1. The Morgan fingerprint density at radius 1 is 1.38 bits per heavy atom. The van der Waals surface area contributed by atoms with Crippen LogP contribution in [0.5, 0.6) is 5.75 Å². The molecule has 0 radical (unpaired) electrons. The molecule has 0 atom stereocenters. The Labute approximate surface area is 92.2 Å². The zero-order valence-electron chi connectivity index (χ0n) is 8.63. The summed E-state index contributed by atoms with van der Waals surface area (Å²) in [6, 6.07) is 0. The number of hydrogen-bond acceptors (Lipinski definition) is 6. The maximum Gasteiger partial charge on any atom is 0.410 e.